The Morgan fingerprint density at radius 3 is 2.24 bits per heavy atom. The third-order valence-electron chi connectivity index (χ3n) is 9.63. The first kappa shape index (κ1) is 35.6. The minimum absolute atomic E-state index is 0.0895. The fraction of sp³-hybridized carbons (Fsp3) is 0.486. The summed E-state index contributed by atoms with van der Waals surface area (Å²) in [7, 11) is 1.52. The highest BCUT2D eigenvalue weighted by molar-refractivity contribution is 5.95. The van der Waals surface area contributed by atoms with E-state index in [-0.39, 0.29) is 44.9 Å². The van der Waals surface area contributed by atoms with Crippen molar-refractivity contribution in [2.24, 2.45) is 0 Å². The Hall–Kier alpha value is -4.71. The third-order valence-corrected chi connectivity index (χ3v) is 9.63. The maximum atomic E-state index is 14.1. The first-order chi connectivity index (χ1) is 23.7. The Balaban J connectivity index is 1.42. The van der Waals surface area contributed by atoms with Gasteiger partial charge in [-0.3, -0.25) is 28.9 Å². The summed E-state index contributed by atoms with van der Waals surface area (Å²) in [6.07, 6.45) is 7.72. The molecule has 2 aliphatic heterocycles. The van der Waals surface area contributed by atoms with Gasteiger partial charge in [0.15, 0.2) is 0 Å². The van der Waals surface area contributed by atoms with Gasteiger partial charge in [0.2, 0.25) is 29.5 Å². The normalized spacial score (nSPS) is 22.7. The van der Waals surface area contributed by atoms with Crippen molar-refractivity contribution in [2.75, 3.05) is 46.3 Å². The minimum Gasteiger partial charge on any atom is -0.361 e. The molecule has 2 aromatic carbocycles. The number of H-pyrrole nitrogens is 1. The van der Waals surface area contributed by atoms with Crippen molar-refractivity contribution in [2.45, 2.75) is 70.0 Å². The van der Waals surface area contributed by atoms with Crippen molar-refractivity contribution in [3.8, 4) is 0 Å². The average molecular weight is 672 g/mol. The van der Waals surface area contributed by atoms with Crippen molar-refractivity contribution < 1.29 is 24.0 Å². The number of nitrogens with one attached hydrogen (secondary N) is 4. The number of fused-ring (bicyclic) bond motifs is 1. The average Bonchev–Trinajstić information content (AvgIpc) is 3.49. The van der Waals surface area contributed by atoms with Crippen molar-refractivity contribution in [1.82, 2.24) is 35.6 Å². The van der Waals surface area contributed by atoms with Crippen LogP contribution in [0.3, 0.4) is 0 Å². The van der Waals surface area contributed by atoms with Gasteiger partial charge in [-0.25, -0.2) is 0 Å². The molecule has 0 saturated carbocycles. The molecule has 5 rings (SSSR count). The molecule has 3 heterocycles. The highest BCUT2D eigenvalue weighted by Gasteiger charge is 2.33. The number of aromatic amines is 1. The molecule has 49 heavy (non-hydrogen) atoms. The van der Waals surface area contributed by atoms with E-state index in [1.54, 1.807) is 6.92 Å². The van der Waals surface area contributed by atoms with Crippen LogP contribution in [0.2, 0.25) is 0 Å². The molecular formula is C37H49N7O5. The molecule has 5 amide bonds. The van der Waals surface area contributed by atoms with Crippen LogP contribution < -0.4 is 16.0 Å². The molecule has 2 fully saturated rings. The lowest BCUT2D eigenvalue weighted by Gasteiger charge is -2.30. The molecule has 0 bridgehead atoms. The van der Waals surface area contributed by atoms with Gasteiger partial charge in [-0.1, -0.05) is 67.8 Å². The van der Waals surface area contributed by atoms with Crippen LogP contribution in [0.4, 0.5) is 0 Å². The van der Waals surface area contributed by atoms with Gasteiger partial charge in [-0.15, -0.1) is 0 Å². The number of likely N-dealkylation sites (tertiary alicyclic amines) is 1. The minimum atomic E-state index is -1.01. The first-order valence-electron chi connectivity index (χ1n) is 17.4. The molecule has 4 N–H and O–H groups in total. The number of hydrogen-bond acceptors (Lipinski definition) is 6. The van der Waals surface area contributed by atoms with E-state index in [0.29, 0.717) is 0 Å². The lowest BCUT2D eigenvalue weighted by atomic mass is 10.0. The van der Waals surface area contributed by atoms with E-state index < -0.39 is 41.8 Å². The zero-order valence-electron chi connectivity index (χ0n) is 28.6. The second kappa shape index (κ2) is 17.1. The molecule has 0 radical (unpaired) electrons. The molecule has 2 aliphatic rings. The number of amides is 5. The molecule has 1 aromatic heterocycles. The van der Waals surface area contributed by atoms with Crippen molar-refractivity contribution in [1.29, 1.82) is 0 Å². The van der Waals surface area contributed by atoms with E-state index in [1.807, 2.05) is 60.8 Å². The molecule has 262 valence electrons. The summed E-state index contributed by atoms with van der Waals surface area (Å²) < 4.78 is 0. The molecule has 12 nitrogen and oxygen atoms in total. The molecule has 0 spiro atoms. The Labute approximate surface area is 287 Å². The topological polar surface area (TPSA) is 147 Å². The van der Waals surface area contributed by atoms with Gasteiger partial charge in [0.1, 0.15) is 18.1 Å². The van der Waals surface area contributed by atoms with Crippen LogP contribution in [-0.4, -0.2) is 114 Å². The number of hydrogen-bond donors (Lipinski definition) is 4. The highest BCUT2D eigenvalue weighted by Crippen LogP contribution is 2.20. The summed E-state index contributed by atoms with van der Waals surface area (Å²) in [5, 5.41) is 9.55. The van der Waals surface area contributed by atoms with Crippen molar-refractivity contribution >= 4 is 40.4 Å². The van der Waals surface area contributed by atoms with Gasteiger partial charge in [-0.2, -0.15) is 0 Å². The maximum Gasteiger partial charge on any atom is 0.245 e. The lowest BCUT2D eigenvalue weighted by Crippen LogP contribution is -2.57. The predicted molar refractivity (Wildman–Crippen MR) is 187 cm³/mol. The van der Waals surface area contributed by atoms with Crippen LogP contribution in [0.25, 0.3) is 10.9 Å². The number of likely N-dealkylation sites (N-methyl/N-ethyl adjacent to an activating group) is 1. The molecule has 12 heteroatoms. The first-order valence-corrected chi connectivity index (χ1v) is 17.4. The Morgan fingerprint density at radius 2 is 1.49 bits per heavy atom. The van der Waals surface area contributed by atoms with Gasteiger partial charge >= 0.3 is 0 Å². The zero-order chi connectivity index (χ0) is 34.8. The van der Waals surface area contributed by atoms with E-state index in [4.69, 9.17) is 0 Å². The molecule has 3 atom stereocenters. The van der Waals surface area contributed by atoms with Crippen molar-refractivity contribution in [3.05, 3.63) is 71.9 Å². The van der Waals surface area contributed by atoms with Gasteiger partial charge in [0.25, 0.3) is 0 Å². The standard InChI is InChI=1S/C37H49N7O5/c1-26-35(47)41-31(21-27-13-7-6-8-14-27)36(48)38-17-20-44(34(46)25-43-18-11-4-3-5-12-19-43)24-33(45)40-32(37(49)42(26)2)22-28-23-39-30-16-10-9-15-29(28)30/h6-10,13-16,23,26,31-32,39H,3-5,11-12,17-22,24-25H2,1-2H3,(H,38,48)(H,40,45)(H,41,47)/t26-,31-,32-/m0/s1. The number of carbonyl (C=O) groups is 5. The monoisotopic (exact) mass is 671 g/mol. The van der Waals surface area contributed by atoms with E-state index in [0.717, 1.165) is 60.8 Å². The van der Waals surface area contributed by atoms with Crippen LogP contribution >= 0.6 is 0 Å². The fourth-order valence-corrected chi connectivity index (χ4v) is 6.59. The number of carbonyl (C=O) groups excluding carboxylic acids is 5. The molecular weight excluding hydrogens is 622 g/mol. The predicted octanol–water partition coefficient (Wildman–Crippen LogP) is 1.99. The van der Waals surface area contributed by atoms with Crippen LogP contribution in [0, 0.1) is 0 Å². The van der Waals surface area contributed by atoms with E-state index in [2.05, 4.69) is 25.8 Å². The van der Waals surface area contributed by atoms with E-state index >= 15 is 0 Å². The zero-order valence-corrected chi connectivity index (χ0v) is 28.6. The Bertz CT molecular complexity index is 1600. The lowest BCUT2D eigenvalue weighted by molar-refractivity contribution is -0.142. The number of benzene rings is 2. The summed E-state index contributed by atoms with van der Waals surface area (Å²) >= 11 is 0. The molecule has 0 aliphatic carbocycles. The van der Waals surface area contributed by atoms with Crippen molar-refractivity contribution in [3.63, 3.8) is 0 Å². The summed E-state index contributed by atoms with van der Waals surface area (Å²) in [5.74, 6) is -2.07. The number of para-hydroxylation sites is 1. The van der Waals surface area contributed by atoms with Gasteiger partial charge in [0, 0.05) is 50.1 Å². The van der Waals surface area contributed by atoms with Gasteiger partial charge in [-0.05, 0) is 50.0 Å². The second-order valence-electron chi connectivity index (χ2n) is 13.2. The van der Waals surface area contributed by atoms with E-state index in [1.165, 1.54) is 23.3 Å². The van der Waals surface area contributed by atoms with Gasteiger partial charge in [0.05, 0.1) is 13.1 Å². The fourth-order valence-electron chi connectivity index (χ4n) is 6.59. The smallest absolute Gasteiger partial charge is 0.245 e. The summed E-state index contributed by atoms with van der Waals surface area (Å²) in [6.45, 7) is 3.31. The highest BCUT2D eigenvalue weighted by atomic mass is 16.2. The summed E-state index contributed by atoms with van der Waals surface area (Å²) in [5.41, 5.74) is 2.59. The number of nitrogens with zero attached hydrogens (tertiary/aromatic N) is 3. The van der Waals surface area contributed by atoms with Gasteiger partial charge < -0.3 is 30.7 Å². The third kappa shape index (κ3) is 9.69. The van der Waals surface area contributed by atoms with Crippen LogP contribution in [-0.2, 0) is 36.8 Å². The number of aromatic nitrogens is 1. The van der Waals surface area contributed by atoms with Crippen LogP contribution in [0.15, 0.2) is 60.8 Å². The second-order valence-corrected chi connectivity index (χ2v) is 13.2. The Morgan fingerprint density at radius 1 is 0.796 bits per heavy atom. The maximum absolute atomic E-state index is 14.1. The summed E-state index contributed by atoms with van der Waals surface area (Å²) in [4.78, 5) is 76.7. The SMILES string of the molecule is C[C@H]1C(=O)N[C@@H](Cc2ccccc2)C(=O)NCCN(C(=O)CN2CCCCCCC2)CC(=O)N[C@@H](Cc2c[nH]c3ccccc23)C(=O)N1C. The number of rotatable bonds is 6. The Kier molecular flexibility index (Phi) is 12.4. The quantitative estimate of drug-likeness (QED) is 0.316. The summed E-state index contributed by atoms with van der Waals surface area (Å²) in [6, 6.07) is 14.2. The largest absolute Gasteiger partial charge is 0.361 e. The molecule has 2 saturated heterocycles. The molecule has 3 aromatic rings. The van der Waals surface area contributed by atoms with E-state index in [9.17, 15) is 24.0 Å². The molecule has 0 unspecified atom stereocenters. The van der Waals surface area contributed by atoms with Crippen LogP contribution in [0.5, 0.6) is 0 Å². The van der Waals surface area contributed by atoms with Crippen LogP contribution in [0.1, 0.15) is 50.2 Å².